The van der Waals surface area contributed by atoms with Crippen LogP contribution in [0.4, 0.5) is 0 Å². The number of benzene rings is 3. The van der Waals surface area contributed by atoms with Crippen molar-refractivity contribution >= 4 is 38.7 Å². The van der Waals surface area contributed by atoms with Crippen LogP contribution in [-0.2, 0) is 11.2 Å². The van der Waals surface area contributed by atoms with Crippen molar-refractivity contribution in [3.63, 3.8) is 0 Å². The second kappa shape index (κ2) is 10.2. The third kappa shape index (κ3) is 4.33. The highest BCUT2D eigenvalue weighted by Crippen LogP contribution is 2.59. The van der Waals surface area contributed by atoms with E-state index in [0.29, 0.717) is 37.7 Å². The predicted octanol–water partition coefficient (Wildman–Crippen LogP) is 7.84. The summed E-state index contributed by atoms with van der Waals surface area (Å²) in [6, 6.07) is 24.2. The molecule has 0 aliphatic heterocycles. The molecule has 1 amide bonds. The Morgan fingerprint density at radius 2 is 1.70 bits per heavy atom. The second-order valence-electron chi connectivity index (χ2n) is 11.5. The van der Waals surface area contributed by atoms with Crippen LogP contribution in [0.15, 0.2) is 77.3 Å². The molecular weight excluding hydrogens is 564 g/mol. The minimum Gasteiger partial charge on any atom is -0.481 e. The summed E-state index contributed by atoms with van der Waals surface area (Å²) >= 11 is 3.59. The van der Waals surface area contributed by atoms with Crippen molar-refractivity contribution < 1.29 is 14.7 Å². The number of pyridine rings is 1. The Bertz CT molecular complexity index is 1620. The van der Waals surface area contributed by atoms with Crippen molar-refractivity contribution in [1.82, 2.24) is 10.3 Å². The van der Waals surface area contributed by atoms with Crippen molar-refractivity contribution in [2.24, 2.45) is 5.41 Å². The van der Waals surface area contributed by atoms with Gasteiger partial charge < -0.3 is 10.4 Å². The number of carboxylic acids is 1. The van der Waals surface area contributed by atoms with Gasteiger partial charge in [-0.15, -0.1) is 0 Å². The largest absolute Gasteiger partial charge is 0.481 e. The molecule has 3 saturated carbocycles. The van der Waals surface area contributed by atoms with Gasteiger partial charge in [-0.25, -0.2) is 4.98 Å². The first-order valence-electron chi connectivity index (χ1n) is 14.1. The highest BCUT2D eigenvalue weighted by Gasteiger charge is 2.59. The average molecular weight is 598 g/mol. The van der Waals surface area contributed by atoms with Gasteiger partial charge in [0, 0.05) is 26.9 Å². The van der Waals surface area contributed by atoms with Crippen LogP contribution in [0.3, 0.4) is 0 Å². The molecule has 2 bridgehead atoms. The van der Waals surface area contributed by atoms with Gasteiger partial charge in [-0.2, -0.15) is 0 Å². The predicted molar refractivity (Wildman–Crippen MR) is 162 cm³/mol. The van der Waals surface area contributed by atoms with E-state index in [1.165, 1.54) is 11.1 Å². The fourth-order valence-corrected chi connectivity index (χ4v) is 7.58. The Hall–Kier alpha value is -3.51. The summed E-state index contributed by atoms with van der Waals surface area (Å²) in [6.07, 6.45) is 3.83. The van der Waals surface area contributed by atoms with E-state index in [-0.39, 0.29) is 11.8 Å². The number of fused-ring (bicyclic) bond motifs is 4. The Morgan fingerprint density at radius 1 is 1.00 bits per heavy atom. The highest BCUT2D eigenvalue weighted by molar-refractivity contribution is 9.10. The van der Waals surface area contributed by atoms with Gasteiger partial charge in [0.05, 0.1) is 22.2 Å². The van der Waals surface area contributed by atoms with E-state index in [0.717, 1.165) is 38.6 Å². The Morgan fingerprint density at radius 3 is 2.40 bits per heavy atom. The number of nitrogens with zero attached hydrogens (tertiary/aromatic N) is 1. The molecule has 4 aromatic rings. The van der Waals surface area contributed by atoms with Crippen molar-refractivity contribution in [3.8, 4) is 11.3 Å². The van der Waals surface area contributed by atoms with E-state index < -0.39 is 16.9 Å². The molecule has 0 saturated heterocycles. The maximum Gasteiger partial charge on any atom is 0.309 e. The summed E-state index contributed by atoms with van der Waals surface area (Å²) in [5, 5.41) is 14.6. The zero-order chi connectivity index (χ0) is 28.1. The molecule has 1 heterocycles. The summed E-state index contributed by atoms with van der Waals surface area (Å²) in [7, 11) is 0. The van der Waals surface area contributed by atoms with Crippen LogP contribution in [0, 0.1) is 12.3 Å². The van der Waals surface area contributed by atoms with E-state index in [4.69, 9.17) is 4.98 Å². The summed E-state index contributed by atoms with van der Waals surface area (Å²) < 4.78 is 0.886. The summed E-state index contributed by atoms with van der Waals surface area (Å²) in [5.74, 6) is -0.900. The van der Waals surface area contributed by atoms with Gasteiger partial charge in [0.2, 0.25) is 0 Å². The smallest absolute Gasteiger partial charge is 0.309 e. The highest BCUT2D eigenvalue weighted by atomic mass is 79.9. The van der Waals surface area contributed by atoms with E-state index in [2.05, 4.69) is 40.3 Å². The van der Waals surface area contributed by atoms with E-state index >= 15 is 0 Å². The molecule has 0 radical (unpaired) electrons. The molecule has 7 rings (SSSR count). The number of amides is 1. The maximum atomic E-state index is 14.5. The molecule has 3 fully saturated rings. The van der Waals surface area contributed by atoms with Gasteiger partial charge in [-0.3, -0.25) is 9.59 Å². The lowest BCUT2D eigenvalue weighted by Crippen LogP contribution is -2.62. The standard InChI is InChI=1S/C34H33BrN2O3/c1-3-22-9-7-8-12-25(22)27-20-33(32(39)40)15-17-34(27,18-16-33)37-31(38)29-21(2)30(23-10-5-4-6-11-23)36-28-14-13-24(35)19-26(28)29/h4-14,19,27H,3,15-18,20H2,1-2H3,(H,37,38)(H,39,40)/t27-,33?,34?/m1/s1. The van der Waals surface area contributed by atoms with Gasteiger partial charge >= 0.3 is 5.97 Å². The Labute approximate surface area is 243 Å². The summed E-state index contributed by atoms with van der Waals surface area (Å²) in [5.41, 5.74) is 5.13. The number of halogens is 1. The minimum atomic E-state index is -0.734. The molecule has 1 atom stereocenters. The van der Waals surface area contributed by atoms with Crippen LogP contribution in [0.2, 0.25) is 0 Å². The second-order valence-corrected chi connectivity index (χ2v) is 12.4. The maximum absolute atomic E-state index is 14.5. The van der Waals surface area contributed by atoms with Crippen LogP contribution in [-0.4, -0.2) is 27.5 Å². The van der Waals surface area contributed by atoms with Crippen LogP contribution in [0.1, 0.15) is 72.0 Å². The first kappa shape index (κ1) is 26.7. The molecule has 3 aromatic carbocycles. The number of hydrogen-bond acceptors (Lipinski definition) is 3. The minimum absolute atomic E-state index is 0.0695. The zero-order valence-electron chi connectivity index (χ0n) is 22.8. The fraction of sp³-hybridized carbons (Fsp3) is 0.324. The van der Waals surface area contributed by atoms with Crippen molar-refractivity contribution in [1.29, 1.82) is 0 Å². The third-order valence-electron chi connectivity index (χ3n) is 9.45. The molecule has 204 valence electrons. The molecule has 2 N–H and O–H groups in total. The van der Waals surface area contributed by atoms with Crippen LogP contribution in [0.5, 0.6) is 0 Å². The van der Waals surface area contributed by atoms with Gasteiger partial charge in [0.25, 0.3) is 5.91 Å². The van der Waals surface area contributed by atoms with Crippen LogP contribution in [0.25, 0.3) is 22.2 Å². The lowest BCUT2D eigenvalue weighted by molar-refractivity contribution is -0.157. The monoisotopic (exact) mass is 596 g/mol. The van der Waals surface area contributed by atoms with Crippen molar-refractivity contribution in [2.45, 2.75) is 63.8 Å². The van der Waals surface area contributed by atoms with E-state index in [9.17, 15) is 14.7 Å². The van der Waals surface area contributed by atoms with Gasteiger partial charge in [-0.1, -0.05) is 77.5 Å². The summed E-state index contributed by atoms with van der Waals surface area (Å²) in [4.78, 5) is 32.0. The molecular formula is C34H33BrN2O3. The molecule has 0 spiro atoms. The van der Waals surface area contributed by atoms with Gasteiger partial charge in [0.15, 0.2) is 0 Å². The van der Waals surface area contributed by atoms with Crippen molar-refractivity contribution in [2.75, 3.05) is 0 Å². The molecule has 40 heavy (non-hydrogen) atoms. The quantitative estimate of drug-likeness (QED) is 0.237. The SMILES string of the molecule is CCc1ccccc1[C@H]1CC2(C(=O)O)CCC1(NC(=O)c1c(C)c(-c3ccccc3)nc3ccc(Br)cc13)CC2. The number of nitrogens with one attached hydrogen (secondary N) is 1. The number of hydrogen-bond donors (Lipinski definition) is 2. The zero-order valence-corrected chi connectivity index (χ0v) is 24.4. The first-order valence-corrected chi connectivity index (χ1v) is 14.9. The topological polar surface area (TPSA) is 79.3 Å². The van der Waals surface area contributed by atoms with Crippen molar-refractivity contribution in [3.05, 3.63) is 99.5 Å². The molecule has 3 aliphatic carbocycles. The average Bonchev–Trinajstić information content (AvgIpc) is 2.97. The molecule has 5 nitrogen and oxygen atoms in total. The lowest BCUT2D eigenvalue weighted by atomic mass is 9.51. The lowest BCUT2D eigenvalue weighted by Gasteiger charge is -2.56. The fourth-order valence-electron chi connectivity index (χ4n) is 7.22. The number of aryl methyl sites for hydroxylation is 1. The van der Waals surface area contributed by atoms with Gasteiger partial charge in [-0.05, 0) is 80.3 Å². The number of carbonyl (C=O) groups excluding carboxylic acids is 1. The number of carbonyl (C=O) groups is 2. The normalized spacial score (nSPS) is 23.7. The number of aliphatic carboxylic acids is 1. The number of carboxylic acid groups (broad SMARTS) is 1. The first-order chi connectivity index (χ1) is 19.3. The van der Waals surface area contributed by atoms with E-state index in [1.807, 2.05) is 67.6 Å². The molecule has 6 heteroatoms. The van der Waals surface area contributed by atoms with Gasteiger partial charge in [0.1, 0.15) is 0 Å². The van der Waals surface area contributed by atoms with Crippen LogP contribution >= 0.6 is 15.9 Å². The molecule has 0 unspecified atom stereocenters. The van der Waals surface area contributed by atoms with E-state index in [1.54, 1.807) is 0 Å². The molecule has 3 aliphatic rings. The van der Waals surface area contributed by atoms with Crippen LogP contribution < -0.4 is 5.32 Å². The third-order valence-corrected chi connectivity index (χ3v) is 9.95. The Balaban J connectivity index is 1.48. The Kier molecular flexibility index (Phi) is 6.78. The number of aromatic nitrogens is 1. The summed E-state index contributed by atoms with van der Waals surface area (Å²) in [6.45, 7) is 4.11. The molecule has 1 aromatic heterocycles. The number of rotatable bonds is 6.